The first kappa shape index (κ1) is 12.9. The lowest BCUT2D eigenvalue weighted by Crippen LogP contribution is -2.50. The van der Waals surface area contributed by atoms with E-state index in [9.17, 15) is 5.11 Å². The van der Waals surface area contributed by atoms with E-state index in [1.54, 1.807) is 7.11 Å². The van der Waals surface area contributed by atoms with Crippen molar-refractivity contribution in [2.45, 2.75) is 57.7 Å². The number of nitrogens with one attached hydrogen (secondary N) is 1. The molecule has 0 aliphatic heterocycles. The van der Waals surface area contributed by atoms with Crippen molar-refractivity contribution in [3.05, 3.63) is 0 Å². The minimum atomic E-state index is 0.200. The predicted octanol–water partition coefficient (Wildman–Crippen LogP) is 1.55. The van der Waals surface area contributed by atoms with Crippen LogP contribution in [0.25, 0.3) is 0 Å². The molecule has 0 bridgehead atoms. The summed E-state index contributed by atoms with van der Waals surface area (Å²) in [7, 11) is 1.79. The van der Waals surface area contributed by atoms with E-state index >= 15 is 0 Å². The van der Waals surface area contributed by atoms with Gasteiger partial charge in [-0.2, -0.15) is 0 Å². The molecule has 2 unspecified atom stereocenters. The summed E-state index contributed by atoms with van der Waals surface area (Å²) in [6.45, 7) is 4.49. The Labute approximate surface area is 93.2 Å². The minimum absolute atomic E-state index is 0.200. The highest BCUT2D eigenvalue weighted by Gasteiger charge is 2.27. The van der Waals surface area contributed by atoms with Crippen molar-refractivity contribution in [2.24, 2.45) is 5.92 Å². The summed E-state index contributed by atoms with van der Waals surface area (Å²) in [4.78, 5) is 0. The van der Waals surface area contributed by atoms with Crippen molar-refractivity contribution in [3.63, 3.8) is 0 Å². The van der Waals surface area contributed by atoms with Crippen molar-refractivity contribution in [1.29, 1.82) is 0 Å². The molecule has 0 aromatic rings. The zero-order valence-corrected chi connectivity index (χ0v) is 10.2. The van der Waals surface area contributed by atoms with Crippen LogP contribution >= 0.6 is 0 Å². The molecule has 3 heteroatoms. The maximum Gasteiger partial charge on any atom is 0.0724 e. The molecule has 0 aromatic heterocycles. The molecule has 3 nitrogen and oxygen atoms in total. The summed E-state index contributed by atoms with van der Waals surface area (Å²) in [5.41, 5.74) is 0. The van der Waals surface area contributed by atoms with Gasteiger partial charge < -0.3 is 15.2 Å². The minimum Gasteiger partial charge on any atom is -0.395 e. The van der Waals surface area contributed by atoms with E-state index in [0.717, 1.165) is 6.42 Å². The van der Waals surface area contributed by atoms with Gasteiger partial charge in [0.15, 0.2) is 0 Å². The molecular formula is C12H25NO2. The van der Waals surface area contributed by atoms with Crippen LogP contribution in [0, 0.1) is 5.92 Å². The normalized spacial score (nSPS) is 29.4. The maximum atomic E-state index is 9.28. The van der Waals surface area contributed by atoms with Crippen molar-refractivity contribution in [2.75, 3.05) is 13.7 Å². The van der Waals surface area contributed by atoms with Gasteiger partial charge in [0.1, 0.15) is 0 Å². The Balaban J connectivity index is 2.46. The monoisotopic (exact) mass is 215 g/mol. The second kappa shape index (κ2) is 6.46. The summed E-state index contributed by atoms with van der Waals surface area (Å²) < 4.78 is 5.48. The molecule has 1 fully saturated rings. The van der Waals surface area contributed by atoms with E-state index in [0.29, 0.717) is 18.1 Å². The zero-order valence-electron chi connectivity index (χ0n) is 10.2. The average molecular weight is 215 g/mol. The van der Waals surface area contributed by atoms with Crippen LogP contribution in [-0.2, 0) is 4.74 Å². The Morgan fingerprint density at radius 1 is 1.33 bits per heavy atom. The van der Waals surface area contributed by atoms with Crippen LogP contribution in [0.2, 0.25) is 0 Å². The van der Waals surface area contributed by atoms with E-state index in [2.05, 4.69) is 19.2 Å². The molecule has 1 aliphatic rings. The fourth-order valence-corrected chi connectivity index (χ4v) is 2.30. The molecule has 90 valence electrons. The van der Waals surface area contributed by atoms with E-state index in [-0.39, 0.29) is 12.6 Å². The lowest BCUT2D eigenvalue weighted by atomic mass is 9.91. The van der Waals surface area contributed by atoms with E-state index in [1.165, 1.54) is 19.3 Å². The maximum absolute atomic E-state index is 9.28. The van der Waals surface area contributed by atoms with E-state index in [1.807, 2.05) is 0 Å². The van der Waals surface area contributed by atoms with Gasteiger partial charge >= 0.3 is 0 Å². The summed E-state index contributed by atoms with van der Waals surface area (Å²) in [6.07, 6.45) is 5.17. The molecule has 3 atom stereocenters. The van der Waals surface area contributed by atoms with Crippen molar-refractivity contribution in [3.8, 4) is 0 Å². The number of hydrogen-bond acceptors (Lipinski definition) is 3. The fourth-order valence-electron chi connectivity index (χ4n) is 2.30. The lowest BCUT2D eigenvalue weighted by molar-refractivity contribution is 0.0311. The standard InChI is InChI=1S/C12H25NO2/c1-9(2)11(8-14)13-10-6-4-5-7-12(10)15-3/h9-14H,4-8H2,1-3H3/t10?,11-,12?/m1/s1. The van der Waals surface area contributed by atoms with Crippen molar-refractivity contribution >= 4 is 0 Å². The first-order chi connectivity index (χ1) is 7.19. The topological polar surface area (TPSA) is 41.5 Å². The molecule has 0 aromatic carbocycles. The molecular weight excluding hydrogens is 190 g/mol. The molecule has 0 saturated heterocycles. The van der Waals surface area contributed by atoms with Gasteiger partial charge in [0.2, 0.25) is 0 Å². The SMILES string of the molecule is COC1CCCCC1N[C@H](CO)C(C)C. The third-order valence-electron chi connectivity index (χ3n) is 3.43. The first-order valence-corrected chi connectivity index (χ1v) is 6.08. The summed E-state index contributed by atoms with van der Waals surface area (Å²) in [5, 5.41) is 12.8. The Morgan fingerprint density at radius 3 is 2.53 bits per heavy atom. The van der Waals surface area contributed by atoms with E-state index in [4.69, 9.17) is 4.74 Å². The molecule has 1 aliphatic carbocycles. The quantitative estimate of drug-likeness (QED) is 0.731. The molecule has 0 radical (unpaired) electrons. The molecule has 0 amide bonds. The number of aliphatic hydroxyl groups is 1. The average Bonchev–Trinajstić information content (AvgIpc) is 2.25. The molecule has 0 spiro atoms. The third-order valence-corrected chi connectivity index (χ3v) is 3.43. The van der Waals surface area contributed by atoms with Gasteiger partial charge in [0, 0.05) is 19.2 Å². The van der Waals surface area contributed by atoms with Gasteiger partial charge in [0.25, 0.3) is 0 Å². The van der Waals surface area contributed by atoms with Gasteiger partial charge in [-0.15, -0.1) is 0 Å². The second-order valence-electron chi connectivity index (χ2n) is 4.86. The smallest absolute Gasteiger partial charge is 0.0724 e. The third kappa shape index (κ3) is 3.74. The van der Waals surface area contributed by atoms with Crippen molar-refractivity contribution < 1.29 is 9.84 Å². The van der Waals surface area contributed by atoms with Gasteiger partial charge in [-0.1, -0.05) is 26.7 Å². The highest BCUT2D eigenvalue weighted by atomic mass is 16.5. The van der Waals surface area contributed by atoms with Crippen LogP contribution in [0.1, 0.15) is 39.5 Å². The summed E-state index contributed by atoms with van der Waals surface area (Å²) >= 11 is 0. The fraction of sp³-hybridized carbons (Fsp3) is 1.00. The molecule has 2 N–H and O–H groups in total. The van der Waals surface area contributed by atoms with Crippen LogP contribution < -0.4 is 5.32 Å². The van der Waals surface area contributed by atoms with E-state index < -0.39 is 0 Å². The number of ether oxygens (including phenoxy) is 1. The van der Waals surface area contributed by atoms with Crippen LogP contribution in [0.15, 0.2) is 0 Å². The molecule has 1 rings (SSSR count). The first-order valence-electron chi connectivity index (χ1n) is 6.08. The molecule has 1 saturated carbocycles. The Hall–Kier alpha value is -0.120. The number of hydrogen-bond donors (Lipinski definition) is 2. The van der Waals surface area contributed by atoms with Crippen molar-refractivity contribution in [1.82, 2.24) is 5.32 Å². The van der Waals surface area contributed by atoms with Gasteiger partial charge in [-0.05, 0) is 18.8 Å². The Morgan fingerprint density at radius 2 is 2.00 bits per heavy atom. The number of aliphatic hydroxyl groups excluding tert-OH is 1. The van der Waals surface area contributed by atoms with Crippen LogP contribution in [0.3, 0.4) is 0 Å². The summed E-state index contributed by atoms with van der Waals surface area (Å²) in [6, 6.07) is 0.619. The summed E-state index contributed by atoms with van der Waals surface area (Å²) in [5.74, 6) is 0.467. The van der Waals surface area contributed by atoms with Gasteiger partial charge in [-0.25, -0.2) is 0 Å². The molecule has 15 heavy (non-hydrogen) atoms. The van der Waals surface area contributed by atoms with Crippen LogP contribution in [0.5, 0.6) is 0 Å². The van der Waals surface area contributed by atoms with Gasteiger partial charge in [-0.3, -0.25) is 0 Å². The highest BCUT2D eigenvalue weighted by molar-refractivity contribution is 4.85. The number of rotatable bonds is 5. The number of methoxy groups -OCH3 is 1. The van der Waals surface area contributed by atoms with Crippen LogP contribution in [0.4, 0.5) is 0 Å². The highest BCUT2D eigenvalue weighted by Crippen LogP contribution is 2.21. The van der Waals surface area contributed by atoms with Crippen LogP contribution in [-0.4, -0.2) is 37.0 Å². The Bertz CT molecular complexity index is 173. The Kier molecular flexibility index (Phi) is 5.58. The lowest BCUT2D eigenvalue weighted by Gasteiger charge is -2.35. The second-order valence-corrected chi connectivity index (χ2v) is 4.86. The largest absolute Gasteiger partial charge is 0.395 e. The van der Waals surface area contributed by atoms with Gasteiger partial charge in [0.05, 0.1) is 12.7 Å². The zero-order chi connectivity index (χ0) is 11.3. The molecule has 0 heterocycles. The predicted molar refractivity (Wildman–Crippen MR) is 61.9 cm³/mol.